The maximum absolute atomic E-state index is 12.3. The maximum atomic E-state index is 12.3. The SMILES string of the molecule is C/C(=N/NC(=O)c1ccc(Br)cc1)c1cccc(NC(=O)c2ccoc2C)c1. The molecule has 2 N–H and O–H groups in total. The van der Waals surface area contributed by atoms with Crippen molar-refractivity contribution < 1.29 is 14.0 Å². The fourth-order valence-electron chi connectivity index (χ4n) is 2.51. The number of benzene rings is 2. The highest BCUT2D eigenvalue weighted by molar-refractivity contribution is 9.10. The smallest absolute Gasteiger partial charge is 0.271 e. The molecule has 7 heteroatoms. The molecule has 1 aromatic heterocycles. The summed E-state index contributed by atoms with van der Waals surface area (Å²) in [6, 6.07) is 15.8. The Morgan fingerprint density at radius 1 is 1.00 bits per heavy atom. The molecule has 142 valence electrons. The second-order valence-corrected chi connectivity index (χ2v) is 6.99. The van der Waals surface area contributed by atoms with Crippen LogP contribution in [0.4, 0.5) is 5.69 Å². The quantitative estimate of drug-likeness (QED) is 0.444. The van der Waals surface area contributed by atoms with E-state index in [1.807, 2.05) is 12.1 Å². The summed E-state index contributed by atoms with van der Waals surface area (Å²) >= 11 is 3.33. The molecule has 0 radical (unpaired) electrons. The van der Waals surface area contributed by atoms with Crippen molar-refractivity contribution in [2.75, 3.05) is 5.32 Å². The first-order chi connectivity index (χ1) is 13.4. The summed E-state index contributed by atoms with van der Waals surface area (Å²) in [5, 5.41) is 6.99. The van der Waals surface area contributed by atoms with Gasteiger partial charge in [-0.05, 0) is 61.9 Å². The predicted octanol–water partition coefficient (Wildman–Crippen LogP) is 4.76. The zero-order valence-electron chi connectivity index (χ0n) is 15.3. The molecule has 0 fully saturated rings. The molecule has 0 unspecified atom stereocenters. The molecule has 2 amide bonds. The Morgan fingerprint density at radius 2 is 1.75 bits per heavy atom. The Balaban J connectivity index is 1.69. The molecular weight excluding hydrogens is 422 g/mol. The van der Waals surface area contributed by atoms with Gasteiger partial charge in [0.2, 0.25) is 0 Å². The van der Waals surface area contributed by atoms with Crippen LogP contribution in [0.3, 0.4) is 0 Å². The van der Waals surface area contributed by atoms with E-state index >= 15 is 0 Å². The second kappa shape index (κ2) is 8.67. The van der Waals surface area contributed by atoms with Gasteiger partial charge in [0.1, 0.15) is 5.76 Å². The number of amides is 2. The Kier molecular flexibility index (Phi) is 6.06. The van der Waals surface area contributed by atoms with Gasteiger partial charge in [-0.3, -0.25) is 9.59 Å². The van der Waals surface area contributed by atoms with E-state index in [1.165, 1.54) is 6.26 Å². The summed E-state index contributed by atoms with van der Waals surface area (Å²) in [7, 11) is 0. The molecule has 3 rings (SSSR count). The normalized spacial score (nSPS) is 11.2. The molecular formula is C21H18BrN3O3. The van der Waals surface area contributed by atoms with Gasteiger partial charge in [-0.25, -0.2) is 5.43 Å². The number of hydrazone groups is 1. The Morgan fingerprint density at radius 3 is 2.43 bits per heavy atom. The minimum Gasteiger partial charge on any atom is -0.469 e. The van der Waals surface area contributed by atoms with Crippen LogP contribution in [0.2, 0.25) is 0 Å². The molecule has 1 heterocycles. The van der Waals surface area contributed by atoms with E-state index in [4.69, 9.17) is 4.42 Å². The summed E-state index contributed by atoms with van der Waals surface area (Å²) < 4.78 is 6.06. The van der Waals surface area contributed by atoms with Gasteiger partial charge >= 0.3 is 0 Å². The van der Waals surface area contributed by atoms with E-state index in [-0.39, 0.29) is 11.8 Å². The molecule has 2 aromatic carbocycles. The van der Waals surface area contributed by atoms with Crippen molar-refractivity contribution >= 4 is 39.1 Å². The zero-order valence-corrected chi connectivity index (χ0v) is 16.9. The molecule has 28 heavy (non-hydrogen) atoms. The average Bonchev–Trinajstić information content (AvgIpc) is 3.12. The highest BCUT2D eigenvalue weighted by Gasteiger charge is 2.12. The van der Waals surface area contributed by atoms with Crippen LogP contribution in [-0.4, -0.2) is 17.5 Å². The third-order valence-electron chi connectivity index (χ3n) is 4.07. The van der Waals surface area contributed by atoms with Gasteiger partial charge in [0, 0.05) is 15.7 Å². The van der Waals surface area contributed by atoms with Crippen LogP contribution in [0.25, 0.3) is 0 Å². The molecule has 0 spiro atoms. The lowest BCUT2D eigenvalue weighted by atomic mass is 10.1. The minimum atomic E-state index is -0.299. The van der Waals surface area contributed by atoms with Crippen LogP contribution in [0.15, 0.2) is 74.9 Å². The van der Waals surface area contributed by atoms with Crippen LogP contribution in [0, 0.1) is 6.92 Å². The molecule has 6 nitrogen and oxygen atoms in total. The lowest BCUT2D eigenvalue weighted by molar-refractivity contribution is 0.0954. The van der Waals surface area contributed by atoms with Crippen LogP contribution >= 0.6 is 15.9 Å². The number of anilines is 1. The summed E-state index contributed by atoms with van der Waals surface area (Å²) in [6.45, 7) is 3.51. The number of nitrogens with zero attached hydrogens (tertiary/aromatic N) is 1. The first kappa shape index (κ1) is 19.6. The highest BCUT2D eigenvalue weighted by atomic mass is 79.9. The van der Waals surface area contributed by atoms with Crippen molar-refractivity contribution in [3.05, 3.63) is 87.8 Å². The van der Waals surface area contributed by atoms with Gasteiger partial charge in [0.15, 0.2) is 0 Å². The van der Waals surface area contributed by atoms with Gasteiger partial charge in [-0.2, -0.15) is 5.10 Å². The molecule has 0 bridgehead atoms. The largest absolute Gasteiger partial charge is 0.469 e. The summed E-state index contributed by atoms with van der Waals surface area (Å²) in [5.74, 6) is 0.00956. The van der Waals surface area contributed by atoms with E-state index < -0.39 is 0 Å². The van der Waals surface area contributed by atoms with Gasteiger partial charge < -0.3 is 9.73 Å². The van der Waals surface area contributed by atoms with Crippen LogP contribution in [0.5, 0.6) is 0 Å². The van der Waals surface area contributed by atoms with Crippen molar-refractivity contribution in [2.45, 2.75) is 13.8 Å². The van der Waals surface area contributed by atoms with Crippen molar-refractivity contribution in [1.82, 2.24) is 5.43 Å². The molecule has 0 atom stereocenters. The second-order valence-electron chi connectivity index (χ2n) is 6.07. The first-order valence-corrected chi connectivity index (χ1v) is 9.29. The lowest BCUT2D eigenvalue weighted by Crippen LogP contribution is -2.19. The molecule has 0 saturated carbocycles. The van der Waals surface area contributed by atoms with Crippen molar-refractivity contribution in [2.24, 2.45) is 5.10 Å². The van der Waals surface area contributed by atoms with Crippen LogP contribution < -0.4 is 10.7 Å². The summed E-state index contributed by atoms with van der Waals surface area (Å²) in [4.78, 5) is 24.5. The highest BCUT2D eigenvalue weighted by Crippen LogP contribution is 2.15. The van der Waals surface area contributed by atoms with Gasteiger partial charge in [-0.1, -0.05) is 28.1 Å². The zero-order chi connectivity index (χ0) is 20.1. The third-order valence-corrected chi connectivity index (χ3v) is 4.60. The fourth-order valence-corrected chi connectivity index (χ4v) is 2.77. The Hall–Kier alpha value is -3.19. The van der Waals surface area contributed by atoms with E-state index in [0.717, 1.165) is 10.0 Å². The van der Waals surface area contributed by atoms with E-state index in [9.17, 15) is 9.59 Å². The Labute approximate surface area is 170 Å². The summed E-state index contributed by atoms with van der Waals surface area (Å²) in [6.07, 6.45) is 1.48. The lowest BCUT2D eigenvalue weighted by Gasteiger charge is -2.07. The number of carbonyl (C=O) groups is 2. The van der Waals surface area contributed by atoms with Gasteiger partial charge in [0.25, 0.3) is 11.8 Å². The molecule has 3 aromatic rings. The maximum Gasteiger partial charge on any atom is 0.271 e. The van der Waals surface area contributed by atoms with E-state index in [1.54, 1.807) is 56.3 Å². The standard InChI is InChI=1S/C21H18BrN3O3/c1-13(24-25-20(26)15-6-8-17(22)9-7-15)16-4-3-5-18(12-16)23-21(27)19-10-11-28-14(19)2/h3-12H,1-2H3,(H,23,27)(H,25,26)/b24-13-. The molecule has 0 saturated heterocycles. The van der Waals surface area contributed by atoms with Crippen LogP contribution in [-0.2, 0) is 0 Å². The van der Waals surface area contributed by atoms with E-state index in [0.29, 0.717) is 28.3 Å². The van der Waals surface area contributed by atoms with Gasteiger partial charge in [-0.15, -0.1) is 0 Å². The van der Waals surface area contributed by atoms with Crippen LogP contribution in [0.1, 0.15) is 39.0 Å². The molecule has 0 aliphatic rings. The summed E-state index contributed by atoms with van der Waals surface area (Å²) in [5.41, 5.74) is 5.54. The monoisotopic (exact) mass is 439 g/mol. The number of rotatable bonds is 5. The fraction of sp³-hybridized carbons (Fsp3) is 0.0952. The predicted molar refractivity (Wildman–Crippen MR) is 112 cm³/mol. The van der Waals surface area contributed by atoms with Crippen molar-refractivity contribution in [1.29, 1.82) is 0 Å². The Bertz CT molecular complexity index is 1040. The van der Waals surface area contributed by atoms with Crippen molar-refractivity contribution in [3.63, 3.8) is 0 Å². The van der Waals surface area contributed by atoms with Crippen molar-refractivity contribution in [3.8, 4) is 0 Å². The number of halogens is 1. The number of furan rings is 1. The van der Waals surface area contributed by atoms with E-state index in [2.05, 4.69) is 31.8 Å². The number of hydrogen-bond donors (Lipinski definition) is 2. The molecule has 0 aliphatic carbocycles. The number of hydrogen-bond acceptors (Lipinski definition) is 4. The number of aryl methyl sites for hydroxylation is 1. The molecule has 0 aliphatic heterocycles. The minimum absolute atomic E-state index is 0.249. The van der Waals surface area contributed by atoms with Gasteiger partial charge in [0.05, 0.1) is 17.5 Å². The average molecular weight is 440 g/mol. The first-order valence-electron chi connectivity index (χ1n) is 8.50. The third kappa shape index (κ3) is 4.75. The number of nitrogens with one attached hydrogen (secondary N) is 2. The topological polar surface area (TPSA) is 83.7 Å². The number of carbonyl (C=O) groups excluding carboxylic acids is 2.